The summed E-state index contributed by atoms with van der Waals surface area (Å²) in [5.41, 5.74) is 1.42. The predicted octanol–water partition coefficient (Wildman–Crippen LogP) is 4.24. The zero-order valence-electron chi connectivity index (χ0n) is 14.2. The molecular formula is C19H32N2. The van der Waals surface area contributed by atoms with E-state index in [-0.39, 0.29) is 0 Å². The molecule has 1 fully saturated rings. The van der Waals surface area contributed by atoms with Crippen LogP contribution in [0.4, 0.5) is 0 Å². The highest BCUT2D eigenvalue weighted by Gasteiger charge is 2.32. The molecule has 1 aliphatic heterocycles. The van der Waals surface area contributed by atoms with Crippen LogP contribution in [0, 0.1) is 5.92 Å². The van der Waals surface area contributed by atoms with Crippen molar-refractivity contribution in [3.63, 3.8) is 0 Å². The fraction of sp³-hybridized carbons (Fsp3) is 0.684. The zero-order valence-corrected chi connectivity index (χ0v) is 14.2. The van der Waals surface area contributed by atoms with Gasteiger partial charge in [-0.2, -0.15) is 0 Å². The first kappa shape index (κ1) is 16.5. The van der Waals surface area contributed by atoms with Crippen molar-refractivity contribution in [3.05, 3.63) is 35.9 Å². The highest BCUT2D eigenvalue weighted by atomic mass is 15.3. The maximum Gasteiger partial charge on any atom is 0.0450 e. The van der Waals surface area contributed by atoms with Crippen LogP contribution < -0.4 is 5.32 Å². The molecule has 21 heavy (non-hydrogen) atoms. The van der Waals surface area contributed by atoms with E-state index in [4.69, 9.17) is 0 Å². The summed E-state index contributed by atoms with van der Waals surface area (Å²) in [7, 11) is 0. The van der Waals surface area contributed by atoms with Gasteiger partial charge in [-0.05, 0) is 24.8 Å². The first-order chi connectivity index (χ1) is 10.1. The van der Waals surface area contributed by atoms with Crippen LogP contribution in [-0.2, 0) is 0 Å². The third-order valence-corrected chi connectivity index (χ3v) is 4.91. The number of unbranched alkanes of at least 4 members (excludes halogenated alkanes) is 1. The number of hydrogen-bond acceptors (Lipinski definition) is 2. The lowest BCUT2D eigenvalue weighted by atomic mass is 9.93. The molecule has 2 rings (SSSR count). The fourth-order valence-electron chi connectivity index (χ4n) is 3.49. The highest BCUT2D eigenvalue weighted by molar-refractivity contribution is 5.20. The first-order valence-electron chi connectivity index (χ1n) is 8.67. The summed E-state index contributed by atoms with van der Waals surface area (Å²) >= 11 is 0. The molecule has 1 saturated heterocycles. The number of benzene rings is 1. The molecule has 2 nitrogen and oxygen atoms in total. The molecule has 1 N–H and O–H groups in total. The van der Waals surface area contributed by atoms with Gasteiger partial charge in [0.25, 0.3) is 0 Å². The minimum Gasteiger partial charge on any atom is -0.307 e. The molecule has 1 aromatic rings. The van der Waals surface area contributed by atoms with E-state index in [1.165, 1.54) is 24.8 Å². The second-order valence-electron chi connectivity index (χ2n) is 6.87. The number of nitrogens with zero attached hydrogens (tertiary/aromatic N) is 1. The smallest absolute Gasteiger partial charge is 0.0450 e. The Hall–Kier alpha value is -0.860. The highest BCUT2D eigenvalue weighted by Crippen LogP contribution is 2.26. The Labute approximate surface area is 130 Å². The van der Waals surface area contributed by atoms with Gasteiger partial charge in [0.05, 0.1) is 0 Å². The summed E-state index contributed by atoms with van der Waals surface area (Å²) in [5, 5.41) is 3.77. The van der Waals surface area contributed by atoms with Crippen LogP contribution in [0.2, 0.25) is 0 Å². The van der Waals surface area contributed by atoms with E-state index >= 15 is 0 Å². The Bertz CT molecular complexity index is 401. The van der Waals surface area contributed by atoms with Gasteiger partial charge in [-0.1, -0.05) is 63.9 Å². The van der Waals surface area contributed by atoms with Gasteiger partial charge in [-0.25, -0.2) is 0 Å². The molecule has 1 aliphatic rings. The van der Waals surface area contributed by atoms with Gasteiger partial charge in [0.1, 0.15) is 0 Å². The summed E-state index contributed by atoms with van der Waals surface area (Å²) in [4.78, 5) is 2.76. The minimum atomic E-state index is 0.477. The van der Waals surface area contributed by atoms with E-state index in [0.717, 1.165) is 13.1 Å². The molecule has 0 amide bonds. The molecule has 0 spiro atoms. The van der Waals surface area contributed by atoms with E-state index in [2.05, 4.69) is 68.2 Å². The topological polar surface area (TPSA) is 15.3 Å². The van der Waals surface area contributed by atoms with Gasteiger partial charge in [0.2, 0.25) is 0 Å². The molecule has 0 saturated carbocycles. The Morgan fingerprint density at radius 2 is 1.90 bits per heavy atom. The molecular weight excluding hydrogens is 256 g/mol. The van der Waals surface area contributed by atoms with Crippen molar-refractivity contribution in [3.8, 4) is 0 Å². The minimum absolute atomic E-state index is 0.477. The van der Waals surface area contributed by atoms with Gasteiger partial charge >= 0.3 is 0 Å². The molecule has 1 aromatic carbocycles. The molecule has 0 aromatic heterocycles. The van der Waals surface area contributed by atoms with Crippen molar-refractivity contribution in [2.75, 3.05) is 13.1 Å². The molecule has 0 radical (unpaired) electrons. The Kier molecular flexibility index (Phi) is 6.25. The van der Waals surface area contributed by atoms with Crippen molar-refractivity contribution in [1.29, 1.82) is 0 Å². The van der Waals surface area contributed by atoms with Crippen molar-refractivity contribution in [2.24, 2.45) is 5.92 Å². The quantitative estimate of drug-likeness (QED) is 0.842. The maximum absolute atomic E-state index is 3.77. The number of hydrogen-bond donors (Lipinski definition) is 1. The zero-order chi connectivity index (χ0) is 15.2. The first-order valence-corrected chi connectivity index (χ1v) is 8.67. The predicted molar refractivity (Wildman–Crippen MR) is 91.5 cm³/mol. The Balaban J connectivity index is 2.08. The van der Waals surface area contributed by atoms with Gasteiger partial charge in [-0.3, -0.25) is 4.90 Å². The normalized spacial score (nSPS) is 25.2. The summed E-state index contributed by atoms with van der Waals surface area (Å²) in [6.07, 6.45) is 3.96. The lowest BCUT2D eigenvalue weighted by Gasteiger charge is -2.45. The van der Waals surface area contributed by atoms with Crippen LogP contribution in [-0.4, -0.2) is 30.1 Å². The lowest BCUT2D eigenvalue weighted by Crippen LogP contribution is -2.57. The van der Waals surface area contributed by atoms with E-state index in [1.54, 1.807) is 0 Å². The lowest BCUT2D eigenvalue weighted by molar-refractivity contribution is 0.0577. The van der Waals surface area contributed by atoms with E-state index < -0.39 is 0 Å². The SMILES string of the molecule is CCCCC(C)N1CC(c2ccccc2)NCC1C(C)C. The number of nitrogens with one attached hydrogen (secondary N) is 1. The molecule has 0 bridgehead atoms. The van der Waals surface area contributed by atoms with Crippen LogP contribution in [0.25, 0.3) is 0 Å². The van der Waals surface area contributed by atoms with Gasteiger partial charge in [0, 0.05) is 31.2 Å². The van der Waals surface area contributed by atoms with Gasteiger partial charge in [-0.15, -0.1) is 0 Å². The van der Waals surface area contributed by atoms with E-state index in [9.17, 15) is 0 Å². The Morgan fingerprint density at radius 3 is 2.52 bits per heavy atom. The van der Waals surface area contributed by atoms with Crippen LogP contribution in [0.3, 0.4) is 0 Å². The molecule has 0 aliphatic carbocycles. The van der Waals surface area contributed by atoms with E-state index in [0.29, 0.717) is 24.0 Å². The van der Waals surface area contributed by atoms with Crippen molar-refractivity contribution >= 4 is 0 Å². The van der Waals surface area contributed by atoms with Crippen LogP contribution in [0.15, 0.2) is 30.3 Å². The van der Waals surface area contributed by atoms with Crippen molar-refractivity contribution in [2.45, 2.75) is 65.1 Å². The average Bonchev–Trinajstić information content (AvgIpc) is 2.52. The summed E-state index contributed by atoms with van der Waals surface area (Å²) in [6.45, 7) is 11.7. The van der Waals surface area contributed by atoms with Crippen LogP contribution >= 0.6 is 0 Å². The standard InChI is InChI=1S/C19H32N2/c1-5-6-10-16(4)21-14-18(17-11-8-7-9-12-17)20-13-19(21)15(2)3/h7-9,11-12,15-16,18-20H,5-6,10,13-14H2,1-4H3. The average molecular weight is 288 g/mol. The summed E-state index contributed by atoms with van der Waals surface area (Å²) < 4.78 is 0. The van der Waals surface area contributed by atoms with Crippen molar-refractivity contribution in [1.82, 2.24) is 10.2 Å². The summed E-state index contributed by atoms with van der Waals surface area (Å²) in [6, 6.07) is 12.7. The maximum atomic E-state index is 3.77. The third kappa shape index (κ3) is 4.31. The Morgan fingerprint density at radius 1 is 1.19 bits per heavy atom. The van der Waals surface area contributed by atoms with Crippen molar-refractivity contribution < 1.29 is 0 Å². The molecule has 3 unspecified atom stereocenters. The van der Waals surface area contributed by atoms with Crippen LogP contribution in [0.1, 0.15) is 58.6 Å². The largest absolute Gasteiger partial charge is 0.307 e. The molecule has 118 valence electrons. The van der Waals surface area contributed by atoms with Crippen LogP contribution in [0.5, 0.6) is 0 Å². The molecule has 2 heteroatoms. The third-order valence-electron chi connectivity index (χ3n) is 4.91. The molecule has 3 atom stereocenters. The second-order valence-corrected chi connectivity index (χ2v) is 6.87. The number of rotatable bonds is 6. The number of piperazine rings is 1. The fourth-order valence-corrected chi connectivity index (χ4v) is 3.49. The van der Waals surface area contributed by atoms with E-state index in [1.807, 2.05) is 0 Å². The molecule has 1 heterocycles. The second kappa shape index (κ2) is 7.95. The monoisotopic (exact) mass is 288 g/mol. The van der Waals surface area contributed by atoms with Gasteiger partial charge in [0.15, 0.2) is 0 Å². The van der Waals surface area contributed by atoms with Gasteiger partial charge < -0.3 is 5.32 Å². The summed E-state index contributed by atoms with van der Waals surface area (Å²) in [5.74, 6) is 0.707.